The summed E-state index contributed by atoms with van der Waals surface area (Å²) >= 11 is 0. The first-order chi connectivity index (χ1) is 11.8. The van der Waals surface area contributed by atoms with Crippen LogP contribution in [0.15, 0.2) is 42.5 Å². The SMILES string of the molecule is C=C(C)[C@]1(C)C[C@H](c2ccccc2)CC1(C(=O)OCC)C(=O)OCC. The van der Waals surface area contributed by atoms with Gasteiger partial charge >= 0.3 is 11.9 Å². The van der Waals surface area contributed by atoms with E-state index in [4.69, 9.17) is 9.47 Å². The number of ether oxygens (including phenoxy) is 2. The Morgan fingerprint density at radius 1 is 1.08 bits per heavy atom. The van der Waals surface area contributed by atoms with E-state index in [9.17, 15) is 9.59 Å². The molecule has 2 atom stereocenters. The molecular weight excluding hydrogens is 316 g/mol. The smallest absolute Gasteiger partial charge is 0.324 e. The molecule has 25 heavy (non-hydrogen) atoms. The molecule has 1 aliphatic rings. The van der Waals surface area contributed by atoms with E-state index in [1.54, 1.807) is 13.8 Å². The molecule has 0 bridgehead atoms. The molecule has 136 valence electrons. The molecule has 1 fully saturated rings. The lowest BCUT2D eigenvalue weighted by Crippen LogP contribution is -2.50. The Labute approximate surface area is 150 Å². The van der Waals surface area contributed by atoms with Crippen molar-refractivity contribution in [2.75, 3.05) is 13.2 Å². The molecule has 1 aromatic carbocycles. The number of carbonyl (C=O) groups is 2. The van der Waals surface area contributed by atoms with Crippen LogP contribution in [0.3, 0.4) is 0 Å². The third-order valence-electron chi connectivity index (χ3n) is 5.61. The number of esters is 2. The number of allylic oxidation sites excluding steroid dienone is 1. The minimum atomic E-state index is -1.36. The topological polar surface area (TPSA) is 52.6 Å². The summed E-state index contributed by atoms with van der Waals surface area (Å²) in [5.74, 6) is -0.938. The lowest BCUT2D eigenvalue weighted by molar-refractivity contribution is -0.178. The highest BCUT2D eigenvalue weighted by Crippen LogP contribution is 2.62. The van der Waals surface area contributed by atoms with Gasteiger partial charge in [0.1, 0.15) is 0 Å². The zero-order chi connectivity index (χ0) is 18.7. The Kier molecular flexibility index (Phi) is 5.71. The van der Waals surface area contributed by atoms with Gasteiger partial charge in [-0.1, -0.05) is 49.4 Å². The molecule has 0 radical (unpaired) electrons. The molecule has 0 heterocycles. The molecule has 0 N–H and O–H groups in total. The first-order valence-corrected chi connectivity index (χ1v) is 8.88. The Morgan fingerprint density at radius 3 is 2.04 bits per heavy atom. The van der Waals surface area contributed by atoms with Crippen molar-refractivity contribution in [1.82, 2.24) is 0 Å². The van der Waals surface area contributed by atoms with Gasteiger partial charge in [-0.15, -0.1) is 0 Å². The van der Waals surface area contributed by atoms with Crippen molar-refractivity contribution >= 4 is 11.9 Å². The zero-order valence-corrected chi connectivity index (χ0v) is 15.6. The normalized spacial score (nSPS) is 24.6. The van der Waals surface area contributed by atoms with Crippen LogP contribution in [0.2, 0.25) is 0 Å². The molecule has 1 aromatic rings. The summed E-state index contributed by atoms with van der Waals surface area (Å²) in [5.41, 5.74) is -0.158. The fourth-order valence-electron chi connectivity index (χ4n) is 4.04. The maximum atomic E-state index is 13.0. The number of hydrogen-bond acceptors (Lipinski definition) is 4. The molecule has 0 aliphatic heterocycles. The Morgan fingerprint density at radius 2 is 1.60 bits per heavy atom. The molecule has 2 rings (SSSR count). The highest BCUT2D eigenvalue weighted by atomic mass is 16.6. The first-order valence-electron chi connectivity index (χ1n) is 8.88. The van der Waals surface area contributed by atoms with Gasteiger partial charge in [-0.3, -0.25) is 9.59 Å². The molecular formula is C21H28O4. The van der Waals surface area contributed by atoms with Crippen molar-refractivity contribution in [3.05, 3.63) is 48.0 Å². The van der Waals surface area contributed by atoms with Gasteiger partial charge in [0.15, 0.2) is 5.41 Å². The van der Waals surface area contributed by atoms with Crippen molar-refractivity contribution in [2.45, 2.75) is 46.5 Å². The monoisotopic (exact) mass is 344 g/mol. The standard InChI is InChI=1S/C21H28O4/c1-6-24-18(22)21(19(23)25-7-2)14-17(13-20(21,5)15(3)4)16-11-9-8-10-12-16/h8-12,17H,3,6-7,13-14H2,1-2,4-5H3/t17-,20-/m0/s1. The van der Waals surface area contributed by atoms with E-state index < -0.39 is 22.8 Å². The largest absolute Gasteiger partial charge is 0.465 e. The van der Waals surface area contributed by atoms with Crippen molar-refractivity contribution in [3.8, 4) is 0 Å². The van der Waals surface area contributed by atoms with E-state index in [0.29, 0.717) is 12.8 Å². The van der Waals surface area contributed by atoms with Crippen LogP contribution in [0.25, 0.3) is 0 Å². The summed E-state index contributed by atoms with van der Waals surface area (Å²) in [6.45, 7) is 11.9. The van der Waals surface area contributed by atoms with Crippen molar-refractivity contribution < 1.29 is 19.1 Å². The lowest BCUT2D eigenvalue weighted by Gasteiger charge is -2.39. The predicted molar refractivity (Wildman–Crippen MR) is 97.0 cm³/mol. The molecule has 4 heteroatoms. The maximum Gasteiger partial charge on any atom is 0.324 e. The van der Waals surface area contributed by atoms with Crippen LogP contribution in [-0.4, -0.2) is 25.2 Å². The average molecular weight is 344 g/mol. The Hall–Kier alpha value is -2.10. The number of benzene rings is 1. The average Bonchev–Trinajstić information content (AvgIpc) is 2.92. The van der Waals surface area contributed by atoms with Gasteiger partial charge in [0.05, 0.1) is 13.2 Å². The number of hydrogen-bond donors (Lipinski definition) is 0. The second-order valence-electron chi connectivity index (χ2n) is 6.97. The van der Waals surface area contributed by atoms with Gasteiger partial charge < -0.3 is 9.47 Å². The second kappa shape index (κ2) is 7.42. The summed E-state index contributed by atoms with van der Waals surface area (Å²) < 4.78 is 10.7. The molecule has 4 nitrogen and oxygen atoms in total. The maximum absolute atomic E-state index is 13.0. The van der Waals surface area contributed by atoms with Crippen LogP contribution in [0.5, 0.6) is 0 Å². The number of carbonyl (C=O) groups excluding carboxylic acids is 2. The minimum Gasteiger partial charge on any atom is -0.465 e. The predicted octanol–water partition coefficient (Wildman–Crippen LogP) is 4.26. The minimum absolute atomic E-state index is 0.0664. The molecule has 0 aromatic heterocycles. The highest BCUT2D eigenvalue weighted by molar-refractivity contribution is 6.02. The fraction of sp³-hybridized carbons (Fsp3) is 0.524. The summed E-state index contributed by atoms with van der Waals surface area (Å²) in [5, 5.41) is 0. The Balaban J connectivity index is 2.58. The van der Waals surface area contributed by atoms with E-state index in [-0.39, 0.29) is 19.1 Å². The molecule has 0 spiro atoms. The molecule has 1 aliphatic carbocycles. The highest BCUT2D eigenvalue weighted by Gasteiger charge is 2.67. The first kappa shape index (κ1) is 19.2. The van der Waals surface area contributed by atoms with Crippen molar-refractivity contribution in [2.24, 2.45) is 10.8 Å². The van der Waals surface area contributed by atoms with Crippen LogP contribution >= 0.6 is 0 Å². The second-order valence-corrected chi connectivity index (χ2v) is 6.97. The van der Waals surface area contributed by atoms with Crippen LogP contribution in [0, 0.1) is 10.8 Å². The van der Waals surface area contributed by atoms with E-state index in [2.05, 4.69) is 6.58 Å². The van der Waals surface area contributed by atoms with Gasteiger partial charge in [-0.2, -0.15) is 0 Å². The fourth-order valence-corrected chi connectivity index (χ4v) is 4.04. The summed E-state index contributed by atoms with van der Waals surface area (Å²) in [7, 11) is 0. The van der Waals surface area contributed by atoms with E-state index in [1.165, 1.54) is 0 Å². The van der Waals surface area contributed by atoms with Gasteiger partial charge in [0.2, 0.25) is 0 Å². The third kappa shape index (κ3) is 3.10. The molecule has 0 unspecified atom stereocenters. The van der Waals surface area contributed by atoms with Gasteiger partial charge in [0, 0.05) is 5.41 Å². The van der Waals surface area contributed by atoms with Gasteiger partial charge in [-0.05, 0) is 45.1 Å². The van der Waals surface area contributed by atoms with Crippen molar-refractivity contribution in [3.63, 3.8) is 0 Å². The summed E-state index contributed by atoms with van der Waals surface area (Å²) in [6, 6.07) is 9.98. The number of rotatable bonds is 6. The molecule has 0 saturated heterocycles. The lowest BCUT2D eigenvalue weighted by atomic mass is 9.63. The van der Waals surface area contributed by atoms with E-state index in [1.807, 2.05) is 44.2 Å². The molecule has 0 amide bonds. The van der Waals surface area contributed by atoms with Gasteiger partial charge in [0.25, 0.3) is 0 Å². The summed E-state index contributed by atoms with van der Waals surface area (Å²) in [6.07, 6.45) is 1.03. The molecule has 1 saturated carbocycles. The third-order valence-corrected chi connectivity index (χ3v) is 5.61. The zero-order valence-electron chi connectivity index (χ0n) is 15.6. The van der Waals surface area contributed by atoms with Crippen LogP contribution in [0.4, 0.5) is 0 Å². The quantitative estimate of drug-likeness (QED) is 0.439. The van der Waals surface area contributed by atoms with Crippen LogP contribution in [0.1, 0.15) is 52.0 Å². The van der Waals surface area contributed by atoms with Crippen LogP contribution < -0.4 is 0 Å². The van der Waals surface area contributed by atoms with E-state index >= 15 is 0 Å². The van der Waals surface area contributed by atoms with Crippen molar-refractivity contribution in [1.29, 1.82) is 0 Å². The van der Waals surface area contributed by atoms with Gasteiger partial charge in [-0.25, -0.2) is 0 Å². The van der Waals surface area contributed by atoms with Crippen LogP contribution in [-0.2, 0) is 19.1 Å². The van der Waals surface area contributed by atoms with E-state index in [0.717, 1.165) is 11.1 Å². The Bertz CT molecular complexity index is 631. The summed E-state index contributed by atoms with van der Waals surface area (Å²) in [4.78, 5) is 26.0.